The van der Waals surface area contributed by atoms with Crippen molar-refractivity contribution in [3.63, 3.8) is 0 Å². The highest BCUT2D eigenvalue weighted by molar-refractivity contribution is 9.10. The molecule has 0 radical (unpaired) electrons. The van der Waals surface area contributed by atoms with Crippen LogP contribution in [0.5, 0.6) is 5.75 Å². The fourth-order valence-corrected chi connectivity index (χ4v) is 4.57. The van der Waals surface area contributed by atoms with Crippen LogP contribution in [0, 0.1) is 0 Å². The van der Waals surface area contributed by atoms with E-state index in [0.29, 0.717) is 11.4 Å². The molecular weight excluding hydrogens is 456 g/mol. The third-order valence-corrected chi connectivity index (χ3v) is 6.52. The third kappa shape index (κ3) is 5.37. The topological polar surface area (TPSA) is 58.6 Å². The quantitative estimate of drug-likeness (QED) is 0.589. The van der Waals surface area contributed by atoms with Crippen LogP contribution in [0.1, 0.15) is 50.5 Å². The SMILES string of the molecule is O=C(CN1C(=O)/C(=C\c2ccccc2Br)Oc2ccccc21)NC1CCCCCCC1. The van der Waals surface area contributed by atoms with E-state index in [1.165, 1.54) is 24.2 Å². The molecule has 162 valence electrons. The van der Waals surface area contributed by atoms with Crippen LogP contribution >= 0.6 is 15.9 Å². The van der Waals surface area contributed by atoms with Crippen LogP contribution in [0.2, 0.25) is 0 Å². The van der Waals surface area contributed by atoms with Crippen molar-refractivity contribution in [3.05, 3.63) is 64.3 Å². The van der Waals surface area contributed by atoms with Crippen molar-refractivity contribution < 1.29 is 14.3 Å². The molecule has 0 spiro atoms. The Kier molecular flexibility index (Phi) is 7.07. The number of carbonyl (C=O) groups excluding carboxylic acids is 2. The van der Waals surface area contributed by atoms with E-state index in [0.717, 1.165) is 35.7 Å². The predicted octanol–water partition coefficient (Wildman–Crippen LogP) is 5.44. The van der Waals surface area contributed by atoms with Crippen LogP contribution < -0.4 is 15.0 Å². The molecule has 5 nitrogen and oxygen atoms in total. The molecule has 6 heteroatoms. The van der Waals surface area contributed by atoms with E-state index in [4.69, 9.17) is 4.74 Å². The van der Waals surface area contributed by atoms with E-state index in [1.807, 2.05) is 48.5 Å². The minimum atomic E-state index is -0.317. The molecule has 0 saturated heterocycles. The number of nitrogens with one attached hydrogen (secondary N) is 1. The van der Waals surface area contributed by atoms with Gasteiger partial charge in [-0.1, -0.05) is 78.4 Å². The minimum Gasteiger partial charge on any atom is -0.449 e. The zero-order valence-electron chi connectivity index (χ0n) is 17.5. The minimum absolute atomic E-state index is 0.0248. The summed E-state index contributed by atoms with van der Waals surface area (Å²) in [5, 5.41) is 3.16. The number of benzene rings is 2. The fraction of sp³-hybridized carbons (Fsp3) is 0.360. The van der Waals surface area contributed by atoms with Crippen LogP contribution in [-0.4, -0.2) is 24.4 Å². The Morgan fingerprint density at radius 3 is 2.48 bits per heavy atom. The predicted molar refractivity (Wildman–Crippen MR) is 126 cm³/mol. The number of hydrogen-bond acceptors (Lipinski definition) is 3. The lowest BCUT2D eigenvalue weighted by Gasteiger charge is -2.31. The van der Waals surface area contributed by atoms with Crippen LogP contribution in [-0.2, 0) is 9.59 Å². The first-order chi connectivity index (χ1) is 15.1. The first-order valence-electron chi connectivity index (χ1n) is 11.0. The molecule has 2 amide bonds. The van der Waals surface area contributed by atoms with Crippen LogP contribution in [0.3, 0.4) is 0 Å². The van der Waals surface area contributed by atoms with Gasteiger partial charge in [-0.25, -0.2) is 0 Å². The maximum Gasteiger partial charge on any atom is 0.294 e. The van der Waals surface area contributed by atoms with Gasteiger partial charge in [0.25, 0.3) is 5.91 Å². The first-order valence-corrected chi connectivity index (χ1v) is 11.8. The van der Waals surface area contributed by atoms with Crippen LogP contribution in [0.15, 0.2) is 58.8 Å². The van der Waals surface area contributed by atoms with Gasteiger partial charge in [-0.15, -0.1) is 0 Å². The average Bonchev–Trinajstić information content (AvgIpc) is 2.74. The summed E-state index contributed by atoms with van der Waals surface area (Å²) in [5.74, 6) is 0.321. The monoisotopic (exact) mass is 482 g/mol. The van der Waals surface area contributed by atoms with Gasteiger partial charge in [0.1, 0.15) is 6.54 Å². The number of fused-ring (bicyclic) bond motifs is 1. The highest BCUT2D eigenvalue weighted by Gasteiger charge is 2.32. The molecular formula is C25H27BrN2O3. The van der Waals surface area contributed by atoms with Crippen molar-refractivity contribution in [2.24, 2.45) is 0 Å². The number of nitrogens with zero attached hydrogens (tertiary/aromatic N) is 1. The molecule has 0 bridgehead atoms. The van der Waals surface area contributed by atoms with E-state index in [-0.39, 0.29) is 30.2 Å². The van der Waals surface area contributed by atoms with Gasteiger partial charge in [-0.05, 0) is 42.7 Å². The van der Waals surface area contributed by atoms with Gasteiger partial charge >= 0.3 is 0 Å². The summed E-state index contributed by atoms with van der Waals surface area (Å²) in [7, 11) is 0. The largest absolute Gasteiger partial charge is 0.449 e. The molecule has 1 heterocycles. The van der Waals surface area contributed by atoms with Gasteiger partial charge < -0.3 is 10.1 Å². The maximum atomic E-state index is 13.3. The van der Waals surface area contributed by atoms with E-state index >= 15 is 0 Å². The Balaban J connectivity index is 1.54. The molecule has 1 aliphatic carbocycles. The zero-order chi connectivity index (χ0) is 21.6. The number of rotatable bonds is 4. The van der Waals surface area contributed by atoms with Crippen molar-refractivity contribution in [2.75, 3.05) is 11.4 Å². The molecule has 1 aliphatic heterocycles. The lowest BCUT2D eigenvalue weighted by molar-refractivity contribution is -0.124. The Bertz CT molecular complexity index is 980. The molecule has 0 unspecified atom stereocenters. The summed E-state index contributed by atoms with van der Waals surface area (Å²) in [5.41, 5.74) is 1.45. The van der Waals surface area contributed by atoms with Gasteiger partial charge in [0.15, 0.2) is 11.5 Å². The van der Waals surface area contributed by atoms with E-state index in [1.54, 1.807) is 6.08 Å². The van der Waals surface area contributed by atoms with Gasteiger partial charge in [-0.2, -0.15) is 0 Å². The molecule has 4 rings (SSSR count). The van der Waals surface area contributed by atoms with E-state index in [9.17, 15) is 9.59 Å². The molecule has 1 N–H and O–H groups in total. The normalized spacial score (nSPS) is 18.7. The highest BCUT2D eigenvalue weighted by atomic mass is 79.9. The Hall–Kier alpha value is -2.60. The van der Waals surface area contributed by atoms with Crippen molar-refractivity contribution in [3.8, 4) is 5.75 Å². The Morgan fingerprint density at radius 2 is 1.71 bits per heavy atom. The first kappa shape index (κ1) is 21.6. The number of anilines is 1. The van der Waals surface area contributed by atoms with E-state index in [2.05, 4.69) is 21.2 Å². The molecule has 1 fully saturated rings. The van der Waals surface area contributed by atoms with Gasteiger partial charge in [0, 0.05) is 10.5 Å². The van der Waals surface area contributed by atoms with Crippen molar-refractivity contribution in [1.29, 1.82) is 0 Å². The Labute approximate surface area is 191 Å². The van der Waals surface area contributed by atoms with Crippen LogP contribution in [0.25, 0.3) is 6.08 Å². The second-order valence-electron chi connectivity index (χ2n) is 8.10. The number of halogens is 1. The number of ether oxygens (including phenoxy) is 1. The second-order valence-corrected chi connectivity index (χ2v) is 8.96. The van der Waals surface area contributed by atoms with Crippen LogP contribution in [0.4, 0.5) is 5.69 Å². The molecule has 2 aromatic carbocycles. The Morgan fingerprint density at radius 1 is 1.03 bits per heavy atom. The summed E-state index contributed by atoms with van der Waals surface area (Å²) < 4.78 is 6.78. The van der Waals surface area contributed by atoms with E-state index < -0.39 is 0 Å². The average molecular weight is 483 g/mol. The van der Waals surface area contributed by atoms with Crippen molar-refractivity contribution in [1.82, 2.24) is 5.32 Å². The number of hydrogen-bond donors (Lipinski definition) is 1. The summed E-state index contributed by atoms with van der Waals surface area (Å²) in [6.07, 6.45) is 9.75. The molecule has 0 aromatic heterocycles. The molecule has 0 atom stereocenters. The summed E-state index contributed by atoms with van der Waals surface area (Å²) in [6.45, 7) is -0.0248. The smallest absolute Gasteiger partial charge is 0.294 e. The summed E-state index contributed by atoms with van der Waals surface area (Å²) in [6, 6.07) is 15.1. The van der Waals surface area contributed by atoms with Crippen molar-refractivity contribution >= 4 is 39.5 Å². The summed E-state index contributed by atoms with van der Waals surface area (Å²) >= 11 is 3.51. The number of carbonyl (C=O) groups is 2. The maximum absolute atomic E-state index is 13.3. The highest BCUT2D eigenvalue weighted by Crippen LogP contribution is 2.36. The number of para-hydroxylation sites is 2. The molecule has 31 heavy (non-hydrogen) atoms. The number of amides is 2. The lowest BCUT2D eigenvalue weighted by atomic mass is 9.97. The fourth-order valence-electron chi connectivity index (χ4n) is 4.17. The summed E-state index contributed by atoms with van der Waals surface area (Å²) in [4.78, 5) is 27.7. The zero-order valence-corrected chi connectivity index (χ0v) is 19.1. The second kappa shape index (κ2) is 10.1. The third-order valence-electron chi connectivity index (χ3n) is 5.80. The molecule has 2 aromatic rings. The van der Waals surface area contributed by atoms with Gasteiger partial charge in [-0.3, -0.25) is 14.5 Å². The molecule has 2 aliphatic rings. The van der Waals surface area contributed by atoms with Gasteiger partial charge in [0.05, 0.1) is 5.69 Å². The lowest BCUT2D eigenvalue weighted by Crippen LogP contribution is -2.46. The molecule has 1 saturated carbocycles. The standard InChI is InChI=1S/C25H27BrN2O3/c26-20-13-7-6-10-18(20)16-23-25(30)28(21-14-8-9-15-22(21)31-23)17-24(29)27-19-11-4-2-1-3-5-12-19/h6-10,13-16,19H,1-5,11-12,17H2,(H,27,29)/b23-16+. The van der Waals surface area contributed by atoms with Crippen molar-refractivity contribution in [2.45, 2.75) is 51.0 Å². The van der Waals surface area contributed by atoms with Gasteiger partial charge in [0.2, 0.25) is 5.91 Å².